The van der Waals surface area contributed by atoms with Crippen molar-refractivity contribution < 1.29 is 19.5 Å². The molecule has 0 fully saturated rings. The molecule has 7 nitrogen and oxygen atoms in total. The largest absolute Gasteiger partial charge is 0.480 e. The first kappa shape index (κ1) is 17.7. The van der Waals surface area contributed by atoms with Gasteiger partial charge in [-0.05, 0) is 31.4 Å². The summed E-state index contributed by atoms with van der Waals surface area (Å²) in [6.45, 7) is 5.36. The first-order valence-corrected chi connectivity index (χ1v) is 7.15. The Labute approximate surface area is 129 Å². The monoisotopic (exact) mass is 309 g/mol. The number of rotatable bonds is 7. The Morgan fingerprint density at radius 1 is 1.27 bits per heavy atom. The molecule has 0 radical (unpaired) electrons. The lowest BCUT2D eigenvalue weighted by molar-refractivity contribution is -0.142. The van der Waals surface area contributed by atoms with E-state index in [1.54, 1.807) is 23.7 Å². The van der Waals surface area contributed by atoms with E-state index in [9.17, 15) is 14.4 Å². The number of nitrogens with one attached hydrogen (secondary N) is 2. The number of carbonyl (C=O) groups is 3. The molecule has 0 aromatic carbocycles. The number of hydrogen-bond acceptors (Lipinski definition) is 3. The fraction of sp³-hybridized carbons (Fsp3) is 0.533. The molecule has 7 heteroatoms. The van der Waals surface area contributed by atoms with E-state index in [2.05, 4.69) is 10.6 Å². The Morgan fingerprint density at radius 3 is 2.36 bits per heavy atom. The minimum atomic E-state index is -1.08. The zero-order chi connectivity index (χ0) is 16.9. The Hall–Kier alpha value is -2.31. The van der Waals surface area contributed by atoms with Crippen LogP contribution in [0.5, 0.6) is 0 Å². The second-order valence-corrected chi connectivity index (χ2v) is 5.69. The summed E-state index contributed by atoms with van der Waals surface area (Å²) in [7, 11) is 1.76. The summed E-state index contributed by atoms with van der Waals surface area (Å²) in [6.07, 6.45) is 0.339. The molecular formula is C15H23N3O4. The number of aliphatic carboxylic acids is 1. The molecule has 0 bridgehead atoms. The zero-order valence-electron chi connectivity index (χ0n) is 13.3. The number of carboxylic acid groups (broad SMARTS) is 1. The van der Waals surface area contributed by atoms with Gasteiger partial charge in [0.15, 0.2) is 0 Å². The summed E-state index contributed by atoms with van der Waals surface area (Å²) < 4.78 is 1.71. The van der Waals surface area contributed by atoms with Gasteiger partial charge in [-0.25, -0.2) is 4.79 Å². The number of nitrogens with zero attached hydrogens (tertiary/aromatic N) is 1. The average molecular weight is 309 g/mol. The van der Waals surface area contributed by atoms with Gasteiger partial charge in [-0.15, -0.1) is 0 Å². The average Bonchev–Trinajstić information content (AvgIpc) is 2.75. The normalized spacial score (nSPS) is 12.0. The number of carboxylic acids is 1. The number of hydrogen-bond donors (Lipinski definition) is 3. The van der Waals surface area contributed by atoms with Crippen molar-refractivity contribution in [3.63, 3.8) is 0 Å². The molecule has 1 rings (SSSR count). The molecule has 1 aromatic rings. The lowest BCUT2D eigenvalue weighted by Crippen LogP contribution is -2.46. The van der Waals surface area contributed by atoms with Gasteiger partial charge in [0.1, 0.15) is 11.7 Å². The van der Waals surface area contributed by atoms with Gasteiger partial charge in [0.05, 0.1) is 6.54 Å². The molecule has 0 aliphatic heterocycles. The number of carbonyl (C=O) groups excluding carboxylic acids is 2. The summed E-state index contributed by atoms with van der Waals surface area (Å²) in [6, 6.07) is 2.53. The molecule has 1 aromatic heterocycles. The van der Waals surface area contributed by atoms with E-state index in [4.69, 9.17) is 5.11 Å². The quantitative estimate of drug-likeness (QED) is 0.689. The van der Waals surface area contributed by atoms with Crippen molar-refractivity contribution in [1.82, 2.24) is 15.2 Å². The van der Waals surface area contributed by atoms with Crippen molar-refractivity contribution >= 4 is 17.8 Å². The van der Waals surface area contributed by atoms with Gasteiger partial charge < -0.3 is 20.3 Å². The molecule has 0 saturated heterocycles. The maximum absolute atomic E-state index is 12.0. The van der Waals surface area contributed by atoms with Gasteiger partial charge >= 0.3 is 5.97 Å². The van der Waals surface area contributed by atoms with Crippen LogP contribution in [0.4, 0.5) is 0 Å². The zero-order valence-corrected chi connectivity index (χ0v) is 13.3. The summed E-state index contributed by atoms with van der Waals surface area (Å²) in [5.74, 6) is -1.83. The number of aryl methyl sites for hydroxylation is 1. The third kappa shape index (κ3) is 4.91. The maximum Gasteiger partial charge on any atom is 0.326 e. The fourth-order valence-corrected chi connectivity index (χ4v) is 2.03. The van der Waals surface area contributed by atoms with Crippen molar-refractivity contribution in [2.75, 3.05) is 6.54 Å². The molecular weight excluding hydrogens is 286 g/mol. The van der Waals surface area contributed by atoms with E-state index in [0.29, 0.717) is 12.1 Å². The Balaban J connectivity index is 2.53. The Morgan fingerprint density at radius 2 is 1.91 bits per heavy atom. The van der Waals surface area contributed by atoms with Gasteiger partial charge in [-0.2, -0.15) is 0 Å². The van der Waals surface area contributed by atoms with Crippen LogP contribution in [0, 0.1) is 12.8 Å². The third-order valence-corrected chi connectivity index (χ3v) is 3.36. The molecule has 0 aliphatic carbocycles. The van der Waals surface area contributed by atoms with Crippen LogP contribution in [0.1, 0.15) is 36.5 Å². The molecule has 3 N–H and O–H groups in total. The highest BCUT2D eigenvalue weighted by Gasteiger charge is 2.21. The topological polar surface area (TPSA) is 100 Å². The highest BCUT2D eigenvalue weighted by Crippen LogP contribution is 2.06. The molecule has 0 unspecified atom stereocenters. The second kappa shape index (κ2) is 7.63. The molecule has 122 valence electrons. The lowest BCUT2D eigenvalue weighted by atomic mass is 10.0. The first-order valence-electron chi connectivity index (χ1n) is 7.15. The van der Waals surface area contributed by atoms with Gasteiger partial charge in [-0.3, -0.25) is 9.59 Å². The van der Waals surface area contributed by atoms with Crippen LogP contribution in [-0.2, 0) is 16.6 Å². The number of aromatic nitrogens is 1. The van der Waals surface area contributed by atoms with Crippen molar-refractivity contribution in [2.24, 2.45) is 13.0 Å². The SMILES string of the molecule is Cc1ccc(C(=O)NCC(=O)N[C@@H](CC(C)C)C(=O)O)n1C. The highest BCUT2D eigenvalue weighted by atomic mass is 16.4. The van der Waals surface area contributed by atoms with E-state index in [1.165, 1.54) is 0 Å². The van der Waals surface area contributed by atoms with E-state index in [1.807, 2.05) is 20.8 Å². The van der Waals surface area contributed by atoms with E-state index in [-0.39, 0.29) is 18.4 Å². The Bertz CT molecular complexity index is 563. The standard InChI is InChI=1S/C15H23N3O4/c1-9(2)7-11(15(21)22)17-13(19)8-16-14(20)12-6-5-10(3)18(12)4/h5-6,9,11H,7-8H2,1-4H3,(H,16,20)(H,17,19)(H,21,22)/t11-/m0/s1. The fourth-order valence-electron chi connectivity index (χ4n) is 2.03. The third-order valence-electron chi connectivity index (χ3n) is 3.36. The van der Waals surface area contributed by atoms with E-state index >= 15 is 0 Å². The molecule has 0 saturated carbocycles. The summed E-state index contributed by atoms with van der Waals surface area (Å²) >= 11 is 0. The maximum atomic E-state index is 12.0. The van der Waals surface area contributed by atoms with Crippen molar-refractivity contribution in [2.45, 2.75) is 33.2 Å². The molecule has 0 spiro atoms. The molecule has 1 atom stereocenters. The van der Waals surface area contributed by atoms with Gasteiger partial charge in [-0.1, -0.05) is 13.8 Å². The van der Waals surface area contributed by atoms with Gasteiger partial charge in [0.2, 0.25) is 5.91 Å². The molecule has 2 amide bonds. The summed E-state index contributed by atoms with van der Waals surface area (Å²) in [5, 5.41) is 14.0. The lowest BCUT2D eigenvalue weighted by Gasteiger charge is -2.16. The second-order valence-electron chi connectivity index (χ2n) is 5.69. The number of amides is 2. The van der Waals surface area contributed by atoms with Crippen LogP contribution in [0.2, 0.25) is 0 Å². The van der Waals surface area contributed by atoms with Crippen molar-refractivity contribution in [3.8, 4) is 0 Å². The van der Waals surface area contributed by atoms with Crippen LogP contribution in [0.25, 0.3) is 0 Å². The molecule has 1 heterocycles. The van der Waals surface area contributed by atoms with E-state index < -0.39 is 17.9 Å². The van der Waals surface area contributed by atoms with Crippen LogP contribution < -0.4 is 10.6 Å². The van der Waals surface area contributed by atoms with Crippen molar-refractivity contribution in [1.29, 1.82) is 0 Å². The van der Waals surface area contributed by atoms with Crippen molar-refractivity contribution in [3.05, 3.63) is 23.5 Å². The first-order chi connectivity index (χ1) is 10.2. The smallest absolute Gasteiger partial charge is 0.326 e. The summed E-state index contributed by atoms with van der Waals surface area (Å²) in [5.41, 5.74) is 1.37. The molecule has 22 heavy (non-hydrogen) atoms. The predicted molar refractivity (Wildman–Crippen MR) is 81.5 cm³/mol. The van der Waals surface area contributed by atoms with Crippen LogP contribution in [0.15, 0.2) is 12.1 Å². The van der Waals surface area contributed by atoms with Crippen LogP contribution in [-0.4, -0.2) is 40.0 Å². The Kier molecular flexibility index (Phi) is 6.15. The van der Waals surface area contributed by atoms with Crippen LogP contribution in [0.3, 0.4) is 0 Å². The minimum Gasteiger partial charge on any atom is -0.480 e. The molecule has 0 aliphatic rings. The van der Waals surface area contributed by atoms with Gasteiger partial charge in [0, 0.05) is 12.7 Å². The minimum absolute atomic E-state index is 0.141. The summed E-state index contributed by atoms with van der Waals surface area (Å²) in [4.78, 5) is 34.8. The highest BCUT2D eigenvalue weighted by molar-refractivity contribution is 5.95. The van der Waals surface area contributed by atoms with Gasteiger partial charge in [0.25, 0.3) is 5.91 Å². The van der Waals surface area contributed by atoms with Crippen LogP contribution >= 0.6 is 0 Å². The van der Waals surface area contributed by atoms with E-state index in [0.717, 1.165) is 5.69 Å². The predicted octanol–water partition coefficient (Wildman–Crippen LogP) is 0.679.